The maximum atomic E-state index is 13.6. The summed E-state index contributed by atoms with van der Waals surface area (Å²) in [5.41, 5.74) is 2.84. The van der Waals surface area contributed by atoms with E-state index in [0.29, 0.717) is 54.8 Å². The van der Waals surface area contributed by atoms with Crippen LogP contribution in [-0.2, 0) is 15.4 Å². The largest absolute Gasteiger partial charge is 0.493 e. The Morgan fingerprint density at radius 3 is 2.38 bits per heavy atom. The minimum atomic E-state index is -3.64. The van der Waals surface area contributed by atoms with Crippen LogP contribution in [0.25, 0.3) is 16.9 Å². The number of fused-ring (bicyclic) bond motifs is 1. The van der Waals surface area contributed by atoms with Gasteiger partial charge in [-0.3, -0.25) is 0 Å². The number of hydrogen-bond donors (Lipinski definition) is 0. The average Bonchev–Trinajstić information content (AvgIpc) is 3.32. The molecular weight excluding hydrogens is 528 g/mol. The van der Waals surface area contributed by atoms with E-state index in [2.05, 4.69) is 40.7 Å². The highest BCUT2D eigenvalue weighted by atomic mass is 32.2. The minimum Gasteiger partial charge on any atom is -0.493 e. The summed E-state index contributed by atoms with van der Waals surface area (Å²) in [6.07, 6.45) is 4.88. The predicted molar refractivity (Wildman–Crippen MR) is 155 cm³/mol. The Balaban J connectivity index is 1.45. The van der Waals surface area contributed by atoms with Crippen molar-refractivity contribution in [3.63, 3.8) is 0 Å². The molecule has 0 spiro atoms. The molecule has 40 heavy (non-hydrogen) atoms. The van der Waals surface area contributed by atoms with Crippen LogP contribution in [0.2, 0.25) is 0 Å². The zero-order valence-electron chi connectivity index (χ0n) is 23.7. The van der Waals surface area contributed by atoms with Gasteiger partial charge < -0.3 is 14.4 Å². The van der Waals surface area contributed by atoms with Crippen molar-refractivity contribution >= 4 is 21.6 Å². The third-order valence-electron chi connectivity index (χ3n) is 7.89. The molecule has 11 heteroatoms. The Bertz CT molecular complexity index is 1600. The molecule has 4 aromatic rings. The fourth-order valence-corrected chi connectivity index (χ4v) is 6.53. The number of hydrogen-bond acceptors (Lipinski definition) is 8. The number of methoxy groups -OCH3 is 2. The molecule has 10 nitrogen and oxygen atoms in total. The Labute approximate surface area is 235 Å². The maximum absolute atomic E-state index is 13.6. The molecule has 0 atom stereocenters. The van der Waals surface area contributed by atoms with Crippen LogP contribution in [0.5, 0.6) is 11.5 Å². The van der Waals surface area contributed by atoms with E-state index >= 15 is 0 Å². The number of nitrogens with zero attached hydrogens (tertiary/aromatic N) is 6. The molecule has 2 aromatic heterocycles. The summed E-state index contributed by atoms with van der Waals surface area (Å²) in [5, 5.41) is 4.45. The first kappa shape index (κ1) is 27.9. The van der Waals surface area contributed by atoms with Crippen LogP contribution >= 0.6 is 0 Å². The van der Waals surface area contributed by atoms with E-state index in [9.17, 15) is 8.42 Å². The molecule has 2 aromatic carbocycles. The summed E-state index contributed by atoms with van der Waals surface area (Å²) in [6.45, 7) is 8.38. The molecule has 212 valence electrons. The Kier molecular flexibility index (Phi) is 7.70. The molecule has 0 N–H and O–H groups in total. The molecule has 1 aliphatic rings. The molecular formula is C29H36N6O4S. The zero-order chi connectivity index (χ0) is 28.5. The fraction of sp³-hybridized carbons (Fsp3) is 0.414. The summed E-state index contributed by atoms with van der Waals surface area (Å²) >= 11 is 0. The third-order valence-corrected chi connectivity index (χ3v) is 9.80. The maximum Gasteiger partial charge on any atom is 0.254 e. The smallest absolute Gasteiger partial charge is 0.254 e. The average molecular weight is 565 g/mol. The van der Waals surface area contributed by atoms with E-state index in [-0.39, 0.29) is 5.41 Å². The van der Waals surface area contributed by atoms with Gasteiger partial charge in [-0.15, -0.1) is 0 Å². The summed E-state index contributed by atoms with van der Waals surface area (Å²) in [4.78, 5) is 11.3. The Morgan fingerprint density at radius 1 is 0.925 bits per heavy atom. The van der Waals surface area contributed by atoms with Gasteiger partial charge >= 0.3 is 0 Å². The van der Waals surface area contributed by atoms with Gasteiger partial charge in [0, 0.05) is 37.9 Å². The monoisotopic (exact) mass is 564 g/mol. The van der Waals surface area contributed by atoms with Crippen LogP contribution in [-0.4, -0.2) is 72.7 Å². The molecule has 1 saturated heterocycles. The predicted octanol–water partition coefficient (Wildman–Crippen LogP) is 4.40. The van der Waals surface area contributed by atoms with Crippen LogP contribution in [0, 0.1) is 0 Å². The highest BCUT2D eigenvalue weighted by molar-refractivity contribution is 7.89. The first-order chi connectivity index (χ1) is 19.2. The lowest BCUT2D eigenvalue weighted by atomic mass is 9.82. The standard InChI is InChI=1S/C29H36N6O4S/c1-6-29(2,3)22-9-11-23(12-10-22)40(36,37)34-15-7-14-33(16-17-34)27-24(19-30-28-31-20-32-35(27)28)21-8-13-25(38-4)26(18-21)39-5/h8-13,18-20H,6-7,14-17H2,1-5H3. The topological polar surface area (TPSA) is 102 Å². The number of ether oxygens (including phenoxy) is 2. The first-order valence-electron chi connectivity index (χ1n) is 13.5. The number of aromatic nitrogens is 4. The second-order valence-corrected chi connectivity index (χ2v) is 12.5. The van der Waals surface area contributed by atoms with Crippen molar-refractivity contribution in [2.45, 2.75) is 43.9 Å². The first-order valence-corrected chi connectivity index (χ1v) is 14.9. The van der Waals surface area contributed by atoms with Crippen molar-refractivity contribution < 1.29 is 17.9 Å². The summed E-state index contributed by atoms with van der Waals surface area (Å²) in [7, 11) is -0.440. The second-order valence-electron chi connectivity index (χ2n) is 10.5. The van der Waals surface area contributed by atoms with Crippen molar-refractivity contribution in [1.29, 1.82) is 0 Å². The molecule has 0 saturated carbocycles. The number of rotatable bonds is 8. The van der Waals surface area contributed by atoms with Crippen molar-refractivity contribution in [3.05, 3.63) is 60.6 Å². The highest BCUT2D eigenvalue weighted by Crippen LogP contribution is 2.37. The lowest BCUT2D eigenvalue weighted by Gasteiger charge is -2.26. The summed E-state index contributed by atoms with van der Waals surface area (Å²) in [5.74, 6) is 2.51. The highest BCUT2D eigenvalue weighted by Gasteiger charge is 2.29. The second kappa shape index (κ2) is 11.1. The normalized spacial score (nSPS) is 15.3. The van der Waals surface area contributed by atoms with Gasteiger partial charge in [0.2, 0.25) is 10.0 Å². The van der Waals surface area contributed by atoms with Crippen molar-refractivity contribution in [1.82, 2.24) is 23.9 Å². The van der Waals surface area contributed by atoms with E-state index in [1.807, 2.05) is 30.3 Å². The van der Waals surface area contributed by atoms with Gasteiger partial charge in [-0.2, -0.15) is 18.9 Å². The van der Waals surface area contributed by atoms with Gasteiger partial charge in [0.25, 0.3) is 5.78 Å². The molecule has 5 rings (SSSR count). The van der Waals surface area contributed by atoms with E-state index in [4.69, 9.17) is 9.47 Å². The molecule has 0 aliphatic carbocycles. The van der Waals surface area contributed by atoms with Gasteiger partial charge in [0.1, 0.15) is 12.1 Å². The van der Waals surface area contributed by atoms with Crippen molar-refractivity contribution in [2.75, 3.05) is 45.3 Å². The van der Waals surface area contributed by atoms with Gasteiger partial charge in [-0.05, 0) is 53.6 Å². The fourth-order valence-electron chi connectivity index (χ4n) is 5.06. The number of anilines is 1. The minimum absolute atomic E-state index is 0.00571. The molecule has 1 aliphatic heterocycles. The molecule has 0 unspecified atom stereocenters. The van der Waals surface area contributed by atoms with E-state index < -0.39 is 10.0 Å². The van der Waals surface area contributed by atoms with Crippen LogP contribution in [0.15, 0.2) is 59.9 Å². The van der Waals surface area contributed by atoms with E-state index in [0.717, 1.165) is 28.9 Å². The van der Waals surface area contributed by atoms with E-state index in [1.165, 1.54) is 6.33 Å². The lowest BCUT2D eigenvalue weighted by molar-refractivity contribution is 0.355. The number of benzene rings is 2. The van der Waals surface area contributed by atoms with Gasteiger partial charge in [-0.25, -0.2) is 13.4 Å². The quantitative estimate of drug-likeness (QED) is 0.310. The zero-order valence-corrected chi connectivity index (χ0v) is 24.5. The molecule has 0 bridgehead atoms. The Hall–Kier alpha value is -3.70. The van der Waals surface area contributed by atoms with Crippen LogP contribution in [0.1, 0.15) is 39.2 Å². The molecule has 1 fully saturated rings. The molecule has 3 heterocycles. The van der Waals surface area contributed by atoms with Gasteiger partial charge in [0.15, 0.2) is 11.5 Å². The third kappa shape index (κ3) is 5.11. The van der Waals surface area contributed by atoms with Gasteiger partial charge in [0.05, 0.1) is 19.1 Å². The van der Waals surface area contributed by atoms with Crippen LogP contribution in [0.4, 0.5) is 5.82 Å². The Morgan fingerprint density at radius 2 is 1.68 bits per heavy atom. The SMILES string of the molecule is CCC(C)(C)c1ccc(S(=O)(=O)N2CCCN(c3c(-c4ccc(OC)c(OC)c4)cnc4ncnn34)CC2)cc1. The molecule has 0 radical (unpaired) electrons. The van der Waals surface area contributed by atoms with Crippen molar-refractivity contribution in [3.8, 4) is 22.6 Å². The summed E-state index contributed by atoms with van der Waals surface area (Å²) < 4.78 is 41.5. The van der Waals surface area contributed by atoms with Crippen LogP contribution < -0.4 is 14.4 Å². The summed E-state index contributed by atoms with van der Waals surface area (Å²) in [6, 6.07) is 13.1. The van der Waals surface area contributed by atoms with Crippen LogP contribution in [0.3, 0.4) is 0 Å². The van der Waals surface area contributed by atoms with Crippen molar-refractivity contribution in [2.24, 2.45) is 0 Å². The van der Waals surface area contributed by atoms with E-state index in [1.54, 1.807) is 41.4 Å². The number of sulfonamides is 1. The lowest BCUT2D eigenvalue weighted by Crippen LogP contribution is -2.36. The molecule has 0 amide bonds. The van der Waals surface area contributed by atoms with Gasteiger partial charge in [-0.1, -0.05) is 39.0 Å².